The molecular weight excluding hydrogens is 248 g/mol. The molecule has 0 bridgehead atoms. The lowest BCUT2D eigenvalue weighted by Gasteiger charge is -2.33. The Hall–Kier alpha value is -0.570. The molecule has 0 aromatic heterocycles. The van der Waals surface area contributed by atoms with Crippen LogP contribution in [0.2, 0.25) is 0 Å². The van der Waals surface area contributed by atoms with Crippen LogP contribution in [0.4, 0.5) is 0 Å². The molecule has 2 rings (SSSR count). The van der Waals surface area contributed by atoms with Gasteiger partial charge < -0.3 is 4.90 Å². The Labute approximate surface area is 124 Å². The van der Waals surface area contributed by atoms with E-state index in [1.807, 2.05) is 0 Å². The van der Waals surface area contributed by atoms with Crippen LogP contribution < -0.4 is 5.32 Å². The summed E-state index contributed by atoms with van der Waals surface area (Å²) in [5, 5.41) is 3.58. The summed E-state index contributed by atoms with van der Waals surface area (Å²) in [6, 6.07) is 0.509. The highest BCUT2D eigenvalue weighted by Gasteiger charge is 2.46. The Balaban J connectivity index is 2.11. The zero-order valence-electron chi connectivity index (χ0n) is 13.9. The molecule has 1 aliphatic heterocycles. The van der Waals surface area contributed by atoms with Gasteiger partial charge >= 0.3 is 0 Å². The molecule has 3 nitrogen and oxygen atoms in total. The molecule has 116 valence electrons. The second kappa shape index (κ2) is 6.46. The average Bonchev–Trinajstić information content (AvgIpc) is 2.90. The summed E-state index contributed by atoms with van der Waals surface area (Å²) in [5.74, 6) is 2.38. The fraction of sp³-hybridized carbons (Fsp3) is 0.941. The van der Waals surface area contributed by atoms with E-state index in [9.17, 15) is 4.79 Å². The molecule has 1 N–H and O–H groups in total. The van der Waals surface area contributed by atoms with Crippen molar-refractivity contribution < 1.29 is 4.79 Å². The Kier molecular flexibility index (Phi) is 5.11. The summed E-state index contributed by atoms with van der Waals surface area (Å²) in [6.07, 6.45) is 5.97. The first-order valence-electron chi connectivity index (χ1n) is 8.57. The fourth-order valence-corrected chi connectivity index (χ4v) is 4.26. The van der Waals surface area contributed by atoms with Crippen LogP contribution in [0.3, 0.4) is 0 Å². The topological polar surface area (TPSA) is 32.3 Å². The van der Waals surface area contributed by atoms with Gasteiger partial charge in [-0.3, -0.25) is 10.1 Å². The van der Waals surface area contributed by atoms with Crippen LogP contribution in [0.25, 0.3) is 0 Å². The molecule has 5 unspecified atom stereocenters. The Bertz CT molecular complexity index is 342. The molecule has 1 aliphatic carbocycles. The third-order valence-electron chi connectivity index (χ3n) is 5.44. The predicted octanol–water partition coefficient (Wildman–Crippen LogP) is 3.39. The van der Waals surface area contributed by atoms with E-state index in [0.717, 1.165) is 18.8 Å². The van der Waals surface area contributed by atoms with E-state index in [0.29, 0.717) is 23.8 Å². The zero-order valence-corrected chi connectivity index (χ0v) is 13.9. The molecule has 0 radical (unpaired) electrons. The molecule has 1 saturated heterocycles. The van der Waals surface area contributed by atoms with E-state index in [1.165, 1.54) is 19.3 Å². The van der Waals surface area contributed by atoms with Crippen LogP contribution in [0, 0.1) is 17.8 Å². The lowest BCUT2D eigenvalue weighted by atomic mass is 9.92. The van der Waals surface area contributed by atoms with Gasteiger partial charge in [-0.2, -0.15) is 0 Å². The van der Waals surface area contributed by atoms with Crippen LogP contribution >= 0.6 is 0 Å². The lowest BCUT2D eigenvalue weighted by Crippen LogP contribution is -2.46. The van der Waals surface area contributed by atoms with Crippen molar-refractivity contribution in [1.29, 1.82) is 0 Å². The van der Waals surface area contributed by atoms with Crippen molar-refractivity contribution in [3.63, 3.8) is 0 Å². The van der Waals surface area contributed by atoms with E-state index in [4.69, 9.17) is 0 Å². The summed E-state index contributed by atoms with van der Waals surface area (Å²) < 4.78 is 0. The fourth-order valence-electron chi connectivity index (χ4n) is 4.26. The van der Waals surface area contributed by atoms with Gasteiger partial charge in [0.1, 0.15) is 0 Å². The highest BCUT2D eigenvalue weighted by atomic mass is 16.2. The first-order chi connectivity index (χ1) is 9.49. The Morgan fingerprint density at radius 3 is 2.45 bits per heavy atom. The number of nitrogens with one attached hydrogen (secondary N) is 1. The number of carbonyl (C=O) groups excluding carboxylic acids is 1. The molecule has 20 heavy (non-hydrogen) atoms. The smallest absolute Gasteiger partial charge is 0.241 e. The minimum atomic E-state index is 0.0489. The van der Waals surface area contributed by atoms with Crippen molar-refractivity contribution in [3.05, 3.63) is 0 Å². The molecule has 2 aliphatic rings. The van der Waals surface area contributed by atoms with Gasteiger partial charge in [0.25, 0.3) is 0 Å². The standard InChI is InChI=1S/C17H32N2O/c1-6-13-8-9-15(12(13)5)19-16(7-2)18-14(17(19)20)10-11(3)4/h11-16,18H,6-10H2,1-5H3. The maximum absolute atomic E-state index is 12.8. The summed E-state index contributed by atoms with van der Waals surface area (Å²) in [6.45, 7) is 11.2. The molecule has 0 spiro atoms. The molecule has 2 fully saturated rings. The highest BCUT2D eigenvalue weighted by molar-refractivity contribution is 5.84. The molecular formula is C17H32N2O. The van der Waals surface area contributed by atoms with Crippen LogP contribution in [0.15, 0.2) is 0 Å². The van der Waals surface area contributed by atoms with Crippen molar-refractivity contribution >= 4 is 5.91 Å². The summed E-state index contributed by atoms with van der Waals surface area (Å²) in [4.78, 5) is 15.0. The zero-order chi connectivity index (χ0) is 14.9. The van der Waals surface area contributed by atoms with Crippen molar-refractivity contribution in [2.75, 3.05) is 0 Å². The van der Waals surface area contributed by atoms with Gasteiger partial charge in [0.05, 0.1) is 12.2 Å². The van der Waals surface area contributed by atoms with Gasteiger partial charge in [0.15, 0.2) is 0 Å². The maximum atomic E-state index is 12.8. The van der Waals surface area contributed by atoms with Gasteiger partial charge in [-0.05, 0) is 43.4 Å². The van der Waals surface area contributed by atoms with Crippen molar-refractivity contribution in [2.45, 2.75) is 85.0 Å². The van der Waals surface area contributed by atoms with Crippen molar-refractivity contribution in [1.82, 2.24) is 10.2 Å². The van der Waals surface area contributed by atoms with Gasteiger partial charge in [-0.1, -0.05) is 41.0 Å². The predicted molar refractivity (Wildman–Crippen MR) is 83.3 cm³/mol. The normalized spacial score (nSPS) is 38.2. The first-order valence-corrected chi connectivity index (χ1v) is 8.57. The highest BCUT2D eigenvalue weighted by Crippen LogP contribution is 2.39. The Morgan fingerprint density at radius 2 is 1.95 bits per heavy atom. The molecule has 1 saturated carbocycles. The molecule has 3 heteroatoms. The molecule has 5 atom stereocenters. The lowest BCUT2D eigenvalue weighted by molar-refractivity contribution is -0.133. The van der Waals surface area contributed by atoms with Gasteiger partial charge in [-0.15, -0.1) is 0 Å². The number of hydrogen-bond acceptors (Lipinski definition) is 2. The molecule has 1 amide bonds. The Morgan fingerprint density at radius 1 is 1.25 bits per heavy atom. The molecule has 0 aromatic rings. The number of carbonyl (C=O) groups is 1. The van der Waals surface area contributed by atoms with Gasteiger partial charge in [-0.25, -0.2) is 0 Å². The minimum Gasteiger partial charge on any atom is -0.323 e. The maximum Gasteiger partial charge on any atom is 0.241 e. The van der Waals surface area contributed by atoms with Gasteiger partial charge in [0, 0.05) is 6.04 Å². The number of amides is 1. The second-order valence-corrected chi connectivity index (χ2v) is 7.19. The molecule has 0 aromatic carbocycles. The van der Waals surface area contributed by atoms with Crippen LogP contribution in [-0.4, -0.2) is 29.1 Å². The average molecular weight is 280 g/mol. The van der Waals surface area contributed by atoms with E-state index >= 15 is 0 Å². The van der Waals surface area contributed by atoms with E-state index in [-0.39, 0.29) is 12.2 Å². The third kappa shape index (κ3) is 2.88. The van der Waals surface area contributed by atoms with E-state index in [2.05, 4.69) is 44.8 Å². The SMILES string of the molecule is CCC1CCC(N2C(=O)C(CC(C)C)NC2CC)C1C. The number of hydrogen-bond donors (Lipinski definition) is 1. The summed E-state index contributed by atoms with van der Waals surface area (Å²) >= 11 is 0. The third-order valence-corrected chi connectivity index (χ3v) is 5.44. The van der Waals surface area contributed by atoms with Crippen LogP contribution in [0.1, 0.15) is 66.7 Å². The van der Waals surface area contributed by atoms with Crippen LogP contribution in [0.5, 0.6) is 0 Å². The van der Waals surface area contributed by atoms with Gasteiger partial charge in [0.2, 0.25) is 5.91 Å². The summed E-state index contributed by atoms with van der Waals surface area (Å²) in [7, 11) is 0. The largest absolute Gasteiger partial charge is 0.323 e. The monoisotopic (exact) mass is 280 g/mol. The van der Waals surface area contributed by atoms with E-state index in [1.54, 1.807) is 0 Å². The van der Waals surface area contributed by atoms with Crippen molar-refractivity contribution in [2.24, 2.45) is 17.8 Å². The van der Waals surface area contributed by atoms with Crippen molar-refractivity contribution in [3.8, 4) is 0 Å². The quantitative estimate of drug-likeness (QED) is 0.837. The summed E-state index contributed by atoms with van der Waals surface area (Å²) in [5.41, 5.74) is 0. The van der Waals surface area contributed by atoms with Crippen LogP contribution in [-0.2, 0) is 4.79 Å². The minimum absolute atomic E-state index is 0.0489. The second-order valence-electron chi connectivity index (χ2n) is 7.19. The number of rotatable bonds is 5. The number of nitrogens with zero attached hydrogens (tertiary/aromatic N) is 1. The van der Waals surface area contributed by atoms with E-state index < -0.39 is 0 Å². The molecule has 1 heterocycles. The first kappa shape index (κ1) is 15.8.